The fourth-order valence-electron chi connectivity index (χ4n) is 3.89. The summed E-state index contributed by atoms with van der Waals surface area (Å²) in [7, 11) is -3.83. The number of aryl methyl sites for hydroxylation is 2. The Hall–Kier alpha value is -3.92. The Bertz CT molecular complexity index is 1540. The molecule has 0 radical (unpaired) electrons. The van der Waals surface area contributed by atoms with Gasteiger partial charge in [-0.1, -0.05) is 35.9 Å². The summed E-state index contributed by atoms with van der Waals surface area (Å²) in [5.41, 5.74) is 8.74. The van der Waals surface area contributed by atoms with Crippen LogP contribution in [0.4, 0.5) is 10.6 Å². The van der Waals surface area contributed by atoms with Gasteiger partial charge in [0, 0.05) is 23.7 Å². The van der Waals surface area contributed by atoms with Crippen LogP contribution in [0.5, 0.6) is 0 Å². The number of nitrogens with zero attached hydrogens (tertiary/aromatic N) is 3. The van der Waals surface area contributed by atoms with E-state index in [-0.39, 0.29) is 10.7 Å². The Balaban J connectivity index is 1.62. The van der Waals surface area contributed by atoms with Crippen molar-refractivity contribution in [2.45, 2.75) is 51.0 Å². The number of amides is 1. The predicted molar refractivity (Wildman–Crippen MR) is 144 cm³/mol. The maximum absolute atomic E-state index is 13.5. The molecule has 4 rings (SSSR count). The molecule has 0 atom stereocenters. The summed E-state index contributed by atoms with van der Waals surface area (Å²) in [6, 6.07) is 14.0. The number of nitrogen functional groups attached to an aromatic ring is 1. The van der Waals surface area contributed by atoms with Gasteiger partial charge < -0.3 is 15.8 Å². The molecular weight excluding hydrogens is 490 g/mol. The van der Waals surface area contributed by atoms with Crippen LogP contribution in [-0.2, 0) is 21.2 Å². The van der Waals surface area contributed by atoms with Crippen molar-refractivity contribution in [3.63, 3.8) is 0 Å². The Morgan fingerprint density at radius 1 is 1.11 bits per heavy atom. The number of nitrogens with two attached hydrogens (primary N) is 1. The van der Waals surface area contributed by atoms with Crippen LogP contribution in [0.3, 0.4) is 0 Å². The van der Waals surface area contributed by atoms with Gasteiger partial charge in [-0.15, -0.1) is 0 Å². The number of hydrogen-bond acceptors (Lipinski definition) is 7. The second-order valence-electron chi connectivity index (χ2n) is 9.79. The molecule has 0 aliphatic heterocycles. The third-order valence-electron chi connectivity index (χ3n) is 5.67. The summed E-state index contributed by atoms with van der Waals surface area (Å²) in [6.07, 6.45) is 3.69. The molecule has 9 nitrogen and oxygen atoms in total. The number of hydrogen-bond donors (Lipinski definition) is 2. The zero-order valence-corrected chi connectivity index (χ0v) is 22.2. The third-order valence-corrected chi connectivity index (χ3v) is 7.36. The van der Waals surface area contributed by atoms with Gasteiger partial charge in [-0.25, -0.2) is 27.2 Å². The molecule has 0 aliphatic rings. The highest BCUT2D eigenvalue weighted by Crippen LogP contribution is 2.32. The molecule has 194 valence electrons. The van der Waals surface area contributed by atoms with Crippen LogP contribution in [0.25, 0.3) is 22.2 Å². The van der Waals surface area contributed by atoms with Gasteiger partial charge >= 0.3 is 6.09 Å². The molecule has 2 aromatic carbocycles. The van der Waals surface area contributed by atoms with Crippen molar-refractivity contribution in [2.75, 3.05) is 12.3 Å². The first-order chi connectivity index (χ1) is 17.5. The van der Waals surface area contributed by atoms with E-state index in [4.69, 9.17) is 15.5 Å². The average molecular weight is 522 g/mol. The van der Waals surface area contributed by atoms with Crippen LogP contribution in [0, 0.1) is 6.92 Å². The topological polar surface area (TPSA) is 129 Å². The molecule has 10 heteroatoms. The number of anilines is 1. The van der Waals surface area contributed by atoms with Crippen molar-refractivity contribution in [1.82, 2.24) is 19.3 Å². The predicted octanol–water partition coefficient (Wildman–Crippen LogP) is 4.68. The number of alkyl carbamates (subject to hydrolysis) is 1. The Morgan fingerprint density at radius 3 is 2.51 bits per heavy atom. The number of carbonyl (C=O) groups excluding carboxylic acids is 1. The zero-order chi connectivity index (χ0) is 26.8. The highest BCUT2D eigenvalue weighted by molar-refractivity contribution is 7.90. The minimum absolute atomic E-state index is 0.201. The number of ether oxygens (including phenoxy) is 1. The molecule has 0 saturated heterocycles. The maximum Gasteiger partial charge on any atom is 0.407 e. The van der Waals surface area contributed by atoms with E-state index in [0.29, 0.717) is 41.9 Å². The summed E-state index contributed by atoms with van der Waals surface area (Å²) in [5.74, 6) is 0.289. The van der Waals surface area contributed by atoms with E-state index < -0.39 is 21.7 Å². The minimum Gasteiger partial charge on any atom is -0.444 e. The van der Waals surface area contributed by atoms with E-state index in [1.807, 2.05) is 19.1 Å². The Kier molecular flexibility index (Phi) is 7.22. The van der Waals surface area contributed by atoms with Crippen molar-refractivity contribution in [1.29, 1.82) is 0 Å². The summed E-state index contributed by atoms with van der Waals surface area (Å²) in [4.78, 5) is 21.1. The summed E-state index contributed by atoms with van der Waals surface area (Å²) < 4.78 is 33.5. The van der Waals surface area contributed by atoms with Crippen LogP contribution in [0.15, 0.2) is 65.8 Å². The van der Waals surface area contributed by atoms with E-state index in [1.165, 1.54) is 3.97 Å². The molecule has 0 spiro atoms. The third kappa shape index (κ3) is 5.91. The van der Waals surface area contributed by atoms with Crippen molar-refractivity contribution in [2.24, 2.45) is 0 Å². The van der Waals surface area contributed by atoms with E-state index in [2.05, 4.69) is 10.3 Å². The largest absolute Gasteiger partial charge is 0.444 e. The number of rotatable bonds is 7. The Labute approximate surface area is 216 Å². The highest BCUT2D eigenvalue weighted by atomic mass is 32.2. The van der Waals surface area contributed by atoms with E-state index >= 15 is 0 Å². The van der Waals surface area contributed by atoms with Crippen molar-refractivity contribution >= 4 is 32.8 Å². The smallest absolute Gasteiger partial charge is 0.407 e. The van der Waals surface area contributed by atoms with Crippen molar-refractivity contribution in [3.05, 3.63) is 72.2 Å². The molecule has 3 N–H and O–H groups in total. The standard InChI is InChI=1S/C27H31N5O4S/c1-18-11-13-19(14-12-18)37(34,35)32-17-21(20-8-5-6-10-24(20)32)23-16-30-25(28)22(31-23)9-7-15-29-26(33)36-27(2,3)4/h5-6,8,10-14,16-17H,7,9,15H2,1-4H3,(H2,28,30)(H,29,33). The van der Waals surface area contributed by atoms with Gasteiger partial charge in [-0.2, -0.15) is 0 Å². The molecule has 0 bridgehead atoms. The Morgan fingerprint density at radius 2 is 1.81 bits per heavy atom. The van der Waals surface area contributed by atoms with Crippen molar-refractivity contribution < 1.29 is 17.9 Å². The second kappa shape index (κ2) is 10.2. The number of nitrogens with one attached hydrogen (secondary N) is 1. The van der Waals surface area contributed by atoms with Crippen LogP contribution in [-0.4, -0.2) is 40.6 Å². The van der Waals surface area contributed by atoms with Gasteiger partial charge in [0.15, 0.2) is 0 Å². The van der Waals surface area contributed by atoms with Crippen LogP contribution in [0.1, 0.15) is 38.4 Å². The van der Waals surface area contributed by atoms with Crippen LogP contribution < -0.4 is 11.1 Å². The van der Waals surface area contributed by atoms with Gasteiger partial charge in [0.2, 0.25) is 0 Å². The summed E-state index contributed by atoms with van der Waals surface area (Å²) in [5, 5.41) is 3.45. The quantitative estimate of drug-likeness (QED) is 0.338. The first-order valence-electron chi connectivity index (χ1n) is 12.0. The molecule has 2 aromatic heterocycles. The number of aromatic nitrogens is 3. The molecular formula is C27H31N5O4S. The SMILES string of the molecule is Cc1ccc(S(=O)(=O)n2cc(-c3cnc(N)c(CCCNC(=O)OC(C)(C)C)n3)c3ccccc32)cc1. The van der Waals surface area contributed by atoms with Gasteiger partial charge in [0.05, 0.1) is 28.0 Å². The fraction of sp³-hybridized carbons (Fsp3) is 0.296. The lowest BCUT2D eigenvalue weighted by Gasteiger charge is -2.19. The van der Waals surface area contributed by atoms with E-state index in [1.54, 1.807) is 69.6 Å². The number of para-hydroxylation sites is 1. The van der Waals surface area contributed by atoms with Gasteiger partial charge in [-0.05, 0) is 58.7 Å². The van der Waals surface area contributed by atoms with Crippen LogP contribution >= 0.6 is 0 Å². The summed E-state index contributed by atoms with van der Waals surface area (Å²) in [6.45, 7) is 7.70. The number of carbonyl (C=O) groups is 1. The molecule has 0 fully saturated rings. The number of benzene rings is 2. The fourth-order valence-corrected chi connectivity index (χ4v) is 5.26. The minimum atomic E-state index is -3.83. The van der Waals surface area contributed by atoms with Gasteiger partial charge in [0.25, 0.3) is 10.0 Å². The monoisotopic (exact) mass is 521 g/mol. The first-order valence-corrected chi connectivity index (χ1v) is 13.4. The maximum atomic E-state index is 13.5. The number of fused-ring (bicyclic) bond motifs is 1. The molecule has 4 aromatic rings. The summed E-state index contributed by atoms with van der Waals surface area (Å²) >= 11 is 0. The van der Waals surface area contributed by atoms with E-state index in [0.717, 1.165) is 10.9 Å². The van der Waals surface area contributed by atoms with Crippen molar-refractivity contribution in [3.8, 4) is 11.3 Å². The average Bonchev–Trinajstić information content (AvgIpc) is 3.23. The normalized spacial score (nSPS) is 12.0. The lowest BCUT2D eigenvalue weighted by atomic mass is 10.1. The molecule has 2 heterocycles. The zero-order valence-electron chi connectivity index (χ0n) is 21.4. The lowest BCUT2D eigenvalue weighted by molar-refractivity contribution is 0.0527. The molecule has 37 heavy (non-hydrogen) atoms. The lowest BCUT2D eigenvalue weighted by Crippen LogP contribution is -2.33. The highest BCUT2D eigenvalue weighted by Gasteiger charge is 2.23. The molecule has 0 unspecified atom stereocenters. The van der Waals surface area contributed by atoms with E-state index in [9.17, 15) is 13.2 Å². The molecule has 0 aliphatic carbocycles. The molecule has 0 saturated carbocycles. The first kappa shape index (κ1) is 26.2. The van der Waals surface area contributed by atoms with Crippen LogP contribution in [0.2, 0.25) is 0 Å². The molecule has 1 amide bonds. The van der Waals surface area contributed by atoms with Gasteiger partial charge in [0.1, 0.15) is 11.4 Å². The van der Waals surface area contributed by atoms with Gasteiger partial charge in [-0.3, -0.25) is 0 Å². The second-order valence-corrected chi connectivity index (χ2v) is 11.6.